The van der Waals surface area contributed by atoms with Crippen LogP contribution in [0, 0.1) is 0 Å². The zero-order valence-corrected chi connectivity index (χ0v) is 16.0. The van der Waals surface area contributed by atoms with Crippen LogP contribution in [-0.4, -0.2) is 35.1 Å². The molecule has 3 rings (SSSR count). The Labute approximate surface area is 167 Å². The number of nitrogens with zero attached hydrogens (tertiary/aromatic N) is 2. The molecule has 1 aliphatic rings. The van der Waals surface area contributed by atoms with Gasteiger partial charge in [0, 0.05) is 18.8 Å². The number of ether oxygens (including phenoxy) is 2. The predicted octanol–water partition coefficient (Wildman–Crippen LogP) is 3.50. The second kappa shape index (κ2) is 8.92. The molecule has 0 saturated carbocycles. The second-order valence-electron chi connectivity index (χ2n) is 5.74. The van der Waals surface area contributed by atoms with Gasteiger partial charge in [-0.15, -0.1) is 12.4 Å². The number of pyridine rings is 1. The van der Waals surface area contributed by atoms with Crippen LogP contribution >= 0.6 is 24.0 Å². The molecule has 27 heavy (non-hydrogen) atoms. The maximum Gasteiger partial charge on any atom is 0.305 e. The number of benzene rings is 1. The van der Waals surface area contributed by atoms with E-state index >= 15 is 0 Å². The first-order valence-corrected chi connectivity index (χ1v) is 8.39. The number of aliphatic carboxylic acids is 1. The van der Waals surface area contributed by atoms with Crippen molar-refractivity contribution < 1.29 is 24.2 Å². The molecule has 0 spiro atoms. The van der Waals surface area contributed by atoms with Gasteiger partial charge >= 0.3 is 5.97 Å². The van der Waals surface area contributed by atoms with Crippen molar-refractivity contribution in [1.29, 1.82) is 0 Å². The smallest absolute Gasteiger partial charge is 0.305 e. The average Bonchev–Trinajstić information content (AvgIpc) is 2.62. The van der Waals surface area contributed by atoms with Crippen molar-refractivity contribution in [2.75, 3.05) is 18.1 Å². The number of hydrogen-bond acceptors (Lipinski definition) is 5. The van der Waals surface area contributed by atoms with Crippen molar-refractivity contribution in [2.45, 2.75) is 19.4 Å². The molecule has 9 heteroatoms. The van der Waals surface area contributed by atoms with E-state index in [4.69, 9.17) is 26.2 Å². The van der Waals surface area contributed by atoms with Crippen LogP contribution in [0.1, 0.15) is 25.1 Å². The van der Waals surface area contributed by atoms with Crippen LogP contribution in [0.25, 0.3) is 0 Å². The standard InChI is InChI=1S/C18H17ClN2O5.ClH/c1-11(13-4-2-3-6-20-13)26-15-9-16-14(8-12(15)19)21(7-5-18(23)24)17(22)10-25-16;/h2-4,6,8-9,11H,5,7,10H2,1H3,(H,23,24);1H/t11-;/m1./s1. The first kappa shape index (κ1) is 20.8. The van der Waals surface area contributed by atoms with Gasteiger partial charge in [-0.2, -0.15) is 0 Å². The lowest BCUT2D eigenvalue weighted by molar-refractivity contribution is -0.136. The first-order valence-electron chi connectivity index (χ1n) is 8.02. The molecule has 0 unspecified atom stereocenters. The highest BCUT2D eigenvalue weighted by Crippen LogP contribution is 2.41. The van der Waals surface area contributed by atoms with Crippen molar-refractivity contribution in [3.05, 3.63) is 47.2 Å². The largest absolute Gasteiger partial charge is 0.483 e. The molecule has 1 N–H and O–H groups in total. The number of halogens is 2. The Morgan fingerprint density at radius 1 is 1.44 bits per heavy atom. The second-order valence-corrected chi connectivity index (χ2v) is 6.15. The van der Waals surface area contributed by atoms with Crippen LogP contribution in [0.3, 0.4) is 0 Å². The van der Waals surface area contributed by atoms with Gasteiger partial charge in [-0.25, -0.2) is 0 Å². The van der Waals surface area contributed by atoms with Gasteiger partial charge in [0.15, 0.2) is 6.61 Å². The number of carbonyl (C=O) groups is 2. The average molecular weight is 413 g/mol. The van der Waals surface area contributed by atoms with Crippen molar-refractivity contribution in [2.24, 2.45) is 0 Å². The van der Waals surface area contributed by atoms with E-state index in [0.29, 0.717) is 22.2 Å². The van der Waals surface area contributed by atoms with E-state index in [1.165, 1.54) is 4.90 Å². The third-order valence-corrected chi connectivity index (χ3v) is 4.21. The molecule has 1 atom stereocenters. The SMILES string of the molecule is C[C@@H](Oc1cc2c(cc1Cl)N(CCC(=O)O)C(=O)CO2)c1ccccn1.Cl. The quantitative estimate of drug-likeness (QED) is 0.780. The van der Waals surface area contributed by atoms with Crippen molar-refractivity contribution >= 4 is 41.6 Å². The van der Waals surface area contributed by atoms with E-state index in [1.54, 1.807) is 18.3 Å². The van der Waals surface area contributed by atoms with Crippen molar-refractivity contribution in [3.8, 4) is 11.5 Å². The van der Waals surface area contributed by atoms with Crippen molar-refractivity contribution in [1.82, 2.24) is 4.98 Å². The number of fused-ring (bicyclic) bond motifs is 1. The van der Waals surface area contributed by atoms with Crippen LogP contribution in [-0.2, 0) is 9.59 Å². The highest BCUT2D eigenvalue weighted by Gasteiger charge is 2.28. The van der Waals surface area contributed by atoms with Gasteiger partial charge in [0.1, 0.15) is 17.6 Å². The maximum atomic E-state index is 12.1. The topological polar surface area (TPSA) is 89.0 Å². The Morgan fingerprint density at radius 3 is 2.89 bits per heavy atom. The Hall–Kier alpha value is -2.51. The number of amides is 1. The van der Waals surface area contributed by atoms with E-state index < -0.39 is 5.97 Å². The number of carboxylic acid groups (broad SMARTS) is 1. The fourth-order valence-corrected chi connectivity index (χ4v) is 2.82. The summed E-state index contributed by atoms with van der Waals surface area (Å²) in [4.78, 5) is 28.5. The molecule has 0 aliphatic carbocycles. The summed E-state index contributed by atoms with van der Waals surface area (Å²) in [5.74, 6) is -0.481. The summed E-state index contributed by atoms with van der Waals surface area (Å²) in [6.45, 7) is 1.73. The van der Waals surface area contributed by atoms with Crippen LogP contribution in [0.5, 0.6) is 11.5 Å². The molecule has 144 valence electrons. The van der Waals surface area contributed by atoms with Gasteiger partial charge in [-0.05, 0) is 25.1 Å². The van der Waals surface area contributed by atoms with Gasteiger partial charge < -0.3 is 19.5 Å². The molecule has 1 amide bonds. The fourth-order valence-electron chi connectivity index (χ4n) is 2.61. The van der Waals surface area contributed by atoms with Gasteiger partial charge in [-0.3, -0.25) is 14.6 Å². The minimum absolute atomic E-state index is 0. The third-order valence-electron chi connectivity index (χ3n) is 3.91. The number of hydrogen-bond donors (Lipinski definition) is 1. The lowest BCUT2D eigenvalue weighted by atomic mass is 10.2. The van der Waals surface area contributed by atoms with E-state index in [2.05, 4.69) is 4.98 Å². The molecule has 2 heterocycles. The molecule has 0 saturated heterocycles. The highest BCUT2D eigenvalue weighted by molar-refractivity contribution is 6.32. The Kier molecular flexibility index (Phi) is 6.87. The van der Waals surface area contributed by atoms with E-state index in [9.17, 15) is 9.59 Å². The molecule has 1 aliphatic heterocycles. The number of anilines is 1. The Balaban J connectivity index is 0.00000261. The molecule has 0 fully saturated rings. The zero-order valence-electron chi connectivity index (χ0n) is 14.4. The zero-order chi connectivity index (χ0) is 18.7. The third kappa shape index (κ3) is 4.81. The normalized spacial score (nSPS) is 13.9. The fraction of sp³-hybridized carbons (Fsp3) is 0.278. The molecule has 0 radical (unpaired) electrons. The Bertz CT molecular complexity index is 832. The van der Waals surface area contributed by atoms with Crippen LogP contribution < -0.4 is 14.4 Å². The molecule has 0 bridgehead atoms. The van der Waals surface area contributed by atoms with E-state index in [1.807, 2.05) is 25.1 Å². The lowest BCUT2D eigenvalue weighted by Crippen LogP contribution is -2.40. The summed E-state index contributed by atoms with van der Waals surface area (Å²) in [7, 11) is 0. The highest BCUT2D eigenvalue weighted by atomic mass is 35.5. The summed E-state index contributed by atoms with van der Waals surface area (Å²) in [6.07, 6.45) is 1.18. The summed E-state index contributed by atoms with van der Waals surface area (Å²) in [5, 5.41) is 9.16. The van der Waals surface area contributed by atoms with Crippen LogP contribution in [0.15, 0.2) is 36.5 Å². The van der Waals surface area contributed by atoms with E-state index in [0.717, 1.165) is 5.69 Å². The van der Waals surface area contributed by atoms with Gasteiger partial charge in [0.2, 0.25) is 0 Å². The van der Waals surface area contributed by atoms with Gasteiger partial charge in [-0.1, -0.05) is 17.7 Å². The molecule has 2 aromatic rings. The predicted molar refractivity (Wildman–Crippen MR) is 102 cm³/mol. The summed E-state index contributed by atoms with van der Waals surface area (Å²) >= 11 is 6.31. The number of carbonyl (C=O) groups excluding carboxylic acids is 1. The van der Waals surface area contributed by atoms with Crippen LogP contribution in [0.2, 0.25) is 5.02 Å². The molecular formula is C18H18Cl2N2O5. The first-order chi connectivity index (χ1) is 12.5. The lowest BCUT2D eigenvalue weighted by Gasteiger charge is -2.30. The summed E-state index contributed by atoms with van der Waals surface area (Å²) in [6, 6.07) is 8.69. The van der Waals surface area contributed by atoms with E-state index in [-0.39, 0.29) is 44.0 Å². The van der Waals surface area contributed by atoms with Gasteiger partial charge in [0.25, 0.3) is 5.91 Å². The number of aromatic nitrogens is 1. The van der Waals surface area contributed by atoms with Crippen LogP contribution in [0.4, 0.5) is 5.69 Å². The van der Waals surface area contributed by atoms with Crippen molar-refractivity contribution in [3.63, 3.8) is 0 Å². The molecule has 7 nitrogen and oxygen atoms in total. The minimum atomic E-state index is -0.985. The summed E-state index contributed by atoms with van der Waals surface area (Å²) in [5.41, 5.74) is 1.19. The monoisotopic (exact) mass is 412 g/mol. The molecule has 1 aromatic heterocycles. The molecule has 1 aromatic carbocycles. The number of rotatable bonds is 6. The summed E-state index contributed by atoms with van der Waals surface area (Å²) < 4.78 is 11.3. The maximum absolute atomic E-state index is 12.1. The van der Waals surface area contributed by atoms with Gasteiger partial charge in [0.05, 0.1) is 22.8 Å². The number of carboxylic acids is 1. The molecular weight excluding hydrogens is 395 g/mol. The minimum Gasteiger partial charge on any atom is -0.483 e. The Morgan fingerprint density at radius 2 is 2.22 bits per heavy atom.